The molecule has 1 N–H and O–H groups in total. The molecule has 2 aromatic heterocycles. The fourth-order valence-corrected chi connectivity index (χ4v) is 4.24. The summed E-state index contributed by atoms with van der Waals surface area (Å²) in [5.41, 5.74) is -2.13. The Balaban J connectivity index is 1.61. The van der Waals surface area contributed by atoms with Gasteiger partial charge in [0.2, 0.25) is 5.43 Å². The molecule has 10 heteroatoms. The van der Waals surface area contributed by atoms with E-state index in [0.717, 1.165) is 49.2 Å². The Bertz CT molecular complexity index is 1200. The maximum absolute atomic E-state index is 13.5. The summed E-state index contributed by atoms with van der Waals surface area (Å²) in [7, 11) is 0. The van der Waals surface area contributed by atoms with Crippen LogP contribution in [0.2, 0.25) is 0 Å². The highest BCUT2D eigenvalue weighted by Gasteiger charge is 2.34. The lowest BCUT2D eigenvalue weighted by Gasteiger charge is -2.33. The van der Waals surface area contributed by atoms with Crippen molar-refractivity contribution in [3.63, 3.8) is 0 Å². The molecular weight excluding hydrogens is 449 g/mol. The van der Waals surface area contributed by atoms with Crippen LogP contribution in [0.4, 0.5) is 13.2 Å². The molecule has 1 amide bonds. The van der Waals surface area contributed by atoms with Crippen molar-refractivity contribution in [1.82, 2.24) is 20.0 Å². The first kappa shape index (κ1) is 23.7. The topological polar surface area (TPSA) is 80.4 Å². The van der Waals surface area contributed by atoms with Crippen LogP contribution < -0.4 is 10.7 Å². The minimum atomic E-state index is -4.62. The van der Waals surface area contributed by atoms with E-state index in [9.17, 15) is 22.8 Å². The summed E-state index contributed by atoms with van der Waals surface area (Å²) in [4.78, 5) is 27.7. The molecule has 0 radical (unpaired) electrons. The van der Waals surface area contributed by atoms with Gasteiger partial charge >= 0.3 is 6.18 Å². The number of carbonyl (C=O) groups excluding carboxylic acids is 1. The van der Waals surface area contributed by atoms with E-state index < -0.39 is 28.8 Å². The standard InChI is InChI=1S/C24H25F3N4O3/c1-16-14-20(32)22(29-31(16)18-9-4-3-8-17(18)24(25,26)27)23(33)28-15-19(21-10-7-13-34-21)30-11-5-2-6-12-30/h3-4,7-10,13-14,19H,2,5-6,11-12,15H2,1H3,(H,28,33). The van der Waals surface area contributed by atoms with Gasteiger partial charge < -0.3 is 9.73 Å². The Hall–Kier alpha value is -3.40. The molecule has 7 nitrogen and oxygen atoms in total. The quantitative estimate of drug-likeness (QED) is 0.582. The molecule has 1 atom stereocenters. The van der Waals surface area contributed by atoms with Crippen LogP contribution >= 0.6 is 0 Å². The largest absolute Gasteiger partial charge is 0.468 e. The van der Waals surface area contributed by atoms with Gasteiger partial charge in [-0.2, -0.15) is 18.3 Å². The van der Waals surface area contributed by atoms with Gasteiger partial charge in [0.1, 0.15) is 5.76 Å². The third-order valence-electron chi connectivity index (χ3n) is 5.92. The zero-order chi connectivity index (χ0) is 24.3. The van der Waals surface area contributed by atoms with Crippen LogP contribution in [-0.2, 0) is 6.18 Å². The molecule has 1 unspecified atom stereocenters. The lowest BCUT2D eigenvalue weighted by atomic mass is 10.1. The number of aryl methyl sites for hydroxylation is 1. The highest BCUT2D eigenvalue weighted by Crippen LogP contribution is 2.33. The minimum Gasteiger partial charge on any atom is -0.468 e. The normalized spacial score (nSPS) is 15.8. The predicted octanol–water partition coefficient (Wildman–Crippen LogP) is 4.11. The number of rotatable bonds is 6. The van der Waals surface area contributed by atoms with Crippen molar-refractivity contribution in [2.75, 3.05) is 19.6 Å². The van der Waals surface area contributed by atoms with Crippen LogP contribution in [0.25, 0.3) is 5.69 Å². The molecule has 0 bridgehead atoms. The molecule has 34 heavy (non-hydrogen) atoms. The Labute approximate surface area is 194 Å². The second kappa shape index (κ2) is 9.84. The first-order valence-electron chi connectivity index (χ1n) is 11.1. The van der Waals surface area contributed by atoms with E-state index in [1.54, 1.807) is 12.3 Å². The molecule has 1 aromatic carbocycles. The monoisotopic (exact) mass is 474 g/mol. The number of furan rings is 1. The highest BCUT2D eigenvalue weighted by molar-refractivity contribution is 5.92. The summed E-state index contributed by atoms with van der Waals surface area (Å²) in [5, 5.41) is 6.75. The van der Waals surface area contributed by atoms with Crippen molar-refractivity contribution >= 4 is 5.91 Å². The number of piperidine rings is 1. The molecule has 1 aliphatic rings. The molecule has 0 saturated carbocycles. The van der Waals surface area contributed by atoms with Gasteiger partial charge in [0.05, 0.1) is 23.6 Å². The molecule has 0 spiro atoms. The maximum Gasteiger partial charge on any atom is 0.418 e. The first-order chi connectivity index (χ1) is 16.3. The van der Waals surface area contributed by atoms with E-state index in [1.807, 2.05) is 6.07 Å². The van der Waals surface area contributed by atoms with Gasteiger partial charge in [0, 0.05) is 18.3 Å². The second-order valence-corrected chi connectivity index (χ2v) is 8.26. The number of para-hydroxylation sites is 1. The van der Waals surface area contributed by atoms with E-state index in [1.165, 1.54) is 25.1 Å². The zero-order valence-electron chi connectivity index (χ0n) is 18.6. The van der Waals surface area contributed by atoms with Crippen LogP contribution in [0.15, 0.2) is 57.9 Å². The third kappa shape index (κ3) is 5.06. The number of alkyl halides is 3. The summed E-state index contributed by atoms with van der Waals surface area (Å²) < 4.78 is 47.1. The van der Waals surface area contributed by atoms with Gasteiger partial charge in [-0.05, 0) is 57.1 Å². The van der Waals surface area contributed by atoms with Gasteiger partial charge in [0.15, 0.2) is 5.69 Å². The minimum absolute atomic E-state index is 0.167. The van der Waals surface area contributed by atoms with Crippen LogP contribution in [0.1, 0.15) is 52.8 Å². The lowest BCUT2D eigenvalue weighted by Crippen LogP contribution is -2.41. The molecular formula is C24H25F3N4O3. The molecule has 1 aliphatic heterocycles. The first-order valence-corrected chi connectivity index (χ1v) is 11.1. The fourth-order valence-electron chi connectivity index (χ4n) is 4.24. The summed E-state index contributed by atoms with van der Waals surface area (Å²) >= 11 is 0. The summed E-state index contributed by atoms with van der Waals surface area (Å²) in [6, 6.07) is 9.38. The van der Waals surface area contributed by atoms with Crippen molar-refractivity contribution in [3.05, 3.63) is 81.7 Å². The van der Waals surface area contributed by atoms with Crippen molar-refractivity contribution in [2.45, 2.75) is 38.4 Å². The van der Waals surface area contributed by atoms with Crippen molar-refractivity contribution in [3.8, 4) is 5.69 Å². The highest BCUT2D eigenvalue weighted by atomic mass is 19.4. The van der Waals surface area contributed by atoms with Crippen LogP contribution in [0, 0.1) is 6.92 Å². The fraction of sp³-hybridized carbons (Fsp3) is 0.375. The molecule has 3 aromatic rings. The molecule has 0 aliphatic carbocycles. The number of likely N-dealkylation sites (tertiary alicyclic amines) is 1. The van der Waals surface area contributed by atoms with Gasteiger partial charge in [-0.25, -0.2) is 4.68 Å². The number of halogens is 3. The Morgan fingerprint density at radius 3 is 2.56 bits per heavy atom. The van der Waals surface area contributed by atoms with Gasteiger partial charge in [0.25, 0.3) is 5.91 Å². The number of nitrogens with zero attached hydrogens (tertiary/aromatic N) is 3. The molecule has 180 valence electrons. The Morgan fingerprint density at radius 1 is 1.15 bits per heavy atom. The number of aromatic nitrogens is 2. The lowest BCUT2D eigenvalue weighted by molar-refractivity contribution is -0.137. The molecule has 3 heterocycles. The smallest absolute Gasteiger partial charge is 0.418 e. The average molecular weight is 474 g/mol. The number of nitrogens with one attached hydrogen (secondary N) is 1. The van der Waals surface area contributed by atoms with Crippen molar-refractivity contribution in [2.24, 2.45) is 0 Å². The number of hydrogen-bond acceptors (Lipinski definition) is 5. The van der Waals surface area contributed by atoms with E-state index in [-0.39, 0.29) is 24.0 Å². The zero-order valence-corrected chi connectivity index (χ0v) is 18.6. The number of hydrogen-bond donors (Lipinski definition) is 1. The van der Waals surface area contributed by atoms with Crippen molar-refractivity contribution in [1.29, 1.82) is 0 Å². The summed E-state index contributed by atoms with van der Waals surface area (Å²) in [6.07, 6.45) is 0.148. The van der Waals surface area contributed by atoms with Crippen LogP contribution in [0.3, 0.4) is 0 Å². The van der Waals surface area contributed by atoms with Crippen LogP contribution in [-0.4, -0.2) is 40.2 Å². The predicted molar refractivity (Wildman–Crippen MR) is 119 cm³/mol. The van der Waals surface area contributed by atoms with Gasteiger partial charge in [-0.1, -0.05) is 18.6 Å². The third-order valence-corrected chi connectivity index (χ3v) is 5.92. The molecule has 1 fully saturated rings. The average Bonchev–Trinajstić information content (AvgIpc) is 3.34. The van der Waals surface area contributed by atoms with E-state index in [4.69, 9.17) is 4.42 Å². The SMILES string of the molecule is Cc1cc(=O)c(C(=O)NCC(c2ccco2)N2CCCCC2)nn1-c1ccccc1C(F)(F)F. The maximum atomic E-state index is 13.5. The van der Waals surface area contributed by atoms with E-state index in [0.29, 0.717) is 5.76 Å². The van der Waals surface area contributed by atoms with Gasteiger partial charge in [-0.3, -0.25) is 14.5 Å². The Kier molecular flexibility index (Phi) is 6.87. The second-order valence-electron chi connectivity index (χ2n) is 8.26. The van der Waals surface area contributed by atoms with E-state index in [2.05, 4.69) is 15.3 Å². The number of amides is 1. The Morgan fingerprint density at radius 2 is 1.88 bits per heavy atom. The van der Waals surface area contributed by atoms with Gasteiger partial charge in [-0.15, -0.1) is 0 Å². The van der Waals surface area contributed by atoms with Crippen molar-refractivity contribution < 1.29 is 22.4 Å². The molecule has 1 saturated heterocycles. The molecule has 4 rings (SSSR count). The number of carbonyl (C=O) groups is 1. The summed E-state index contributed by atoms with van der Waals surface area (Å²) in [6.45, 7) is 3.34. The summed E-state index contributed by atoms with van der Waals surface area (Å²) in [5.74, 6) is -0.0626. The van der Waals surface area contributed by atoms with Crippen LogP contribution in [0.5, 0.6) is 0 Å². The van der Waals surface area contributed by atoms with E-state index >= 15 is 0 Å². The number of benzene rings is 1.